The van der Waals surface area contributed by atoms with Gasteiger partial charge < -0.3 is 10.1 Å². The molecule has 0 spiro atoms. The lowest BCUT2D eigenvalue weighted by molar-refractivity contribution is 0.0602. The van der Waals surface area contributed by atoms with E-state index in [1.807, 2.05) is 30.6 Å². The van der Waals surface area contributed by atoms with Gasteiger partial charge in [-0.2, -0.15) is 0 Å². The number of carbonyl (C=O) groups is 1. The van der Waals surface area contributed by atoms with Crippen LogP contribution in [0.5, 0.6) is 0 Å². The Hall–Kier alpha value is -1.88. The number of thiazole rings is 1. The van der Waals surface area contributed by atoms with Crippen molar-refractivity contribution in [3.63, 3.8) is 0 Å². The van der Waals surface area contributed by atoms with Crippen LogP contribution in [0.4, 0.5) is 5.69 Å². The number of carbonyl (C=O) groups excluding carboxylic acids is 1. The molecular weight excluding hydrogens is 248 g/mol. The summed E-state index contributed by atoms with van der Waals surface area (Å²) >= 11 is 1.60. The van der Waals surface area contributed by atoms with E-state index in [9.17, 15) is 4.79 Å². The predicted octanol–water partition coefficient (Wildman–Crippen LogP) is 2.85. The molecule has 0 fully saturated rings. The minimum Gasteiger partial charge on any atom is -0.465 e. The fourth-order valence-corrected chi connectivity index (χ4v) is 2.31. The molecule has 0 bridgehead atoms. The number of para-hydroxylation sites is 1. The second kappa shape index (κ2) is 5.64. The molecule has 0 radical (unpaired) electrons. The van der Waals surface area contributed by atoms with E-state index in [1.165, 1.54) is 7.11 Å². The second-order valence-electron chi connectivity index (χ2n) is 3.75. The monoisotopic (exact) mass is 262 g/mol. The first-order valence-corrected chi connectivity index (χ1v) is 6.40. The zero-order valence-electron chi connectivity index (χ0n) is 10.3. The van der Waals surface area contributed by atoms with Gasteiger partial charge in [0, 0.05) is 10.6 Å². The number of aryl methyl sites for hydroxylation is 1. The first-order valence-electron chi connectivity index (χ1n) is 5.52. The van der Waals surface area contributed by atoms with Crippen LogP contribution in [-0.2, 0) is 11.3 Å². The van der Waals surface area contributed by atoms with Crippen molar-refractivity contribution in [1.29, 1.82) is 0 Å². The molecule has 2 rings (SSSR count). The molecule has 5 heteroatoms. The number of nitrogens with zero attached hydrogens (tertiary/aromatic N) is 1. The molecule has 0 aliphatic carbocycles. The summed E-state index contributed by atoms with van der Waals surface area (Å²) in [5, 5.41) is 3.24. The van der Waals surface area contributed by atoms with Crippen LogP contribution < -0.4 is 5.32 Å². The van der Waals surface area contributed by atoms with Crippen LogP contribution >= 0.6 is 11.3 Å². The molecule has 1 heterocycles. The number of aromatic nitrogens is 1. The Kier molecular flexibility index (Phi) is 3.94. The Bertz CT molecular complexity index is 551. The fraction of sp³-hybridized carbons (Fsp3) is 0.231. The summed E-state index contributed by atoms with van der Waals surface area (Å²) < 4.78 is 4.75. The van der Waals surface area contributed by atoms with E-state index < -0.39 is 0 Å². The molecule has 94 valence electrons. The Morgan fingerprint density at radius 2 is 2.22 bits per heavy atom. The number of anilines is 1. The lowest BCUT2D eigenvalue weighted by atomic mass is 10.2. The second-order valence-corrected chi connectivity index (χ2v) is 4.69. The van der Waals surface area contributed by atoms with Crippen molar-refractivity contribution in [3.05, 3.63) is 45.9 Å². The van der Waals surface area contributed by atoms with E-state index in [0.29, 0.717) is 12.1 Å². The molecule has 2 aromatic rings. The van der Waals surface area contributed by atoms with Crippen LogP contribution in [-0.4, -0.2) is 18.1 Å². The van der Waals surface area contributed by atoms with Crippen molar-refractivity contribution in [2.45, 2.75) is 13.5 Å². The van der Waals surface area contributed by atoms with E-state index in [1.54, 1.807) is 17.4 Å². The minimum absolute atomic E-state index is 0.334. The highest BCUT2D eigenvalue weighted by Gasteiger charge is 2.11. The molecule has 0 aliphatic rings. The van der Waals surface area contributed by atoms with Crippen LogP contribution in [0.3, 0.4) is 0 Å². The van der Waals surface area contributed by atoms with Crippen molar-refractivity contribution < 1.29 is 9.53 Å². The van der Waals surface area contributed by atoms with Crippen molar-refractivity contribution in [2.24, 2.45) is 0 Å². The van der Waals surface area contributed by atoms with Crippen molar-refractivity contribution in [1.82, 2.24) is 4.98 Å². The number of nitrogens with one attached hydrogen (secondary N) is 1. The zero-order chi connectivity index (χ0) is 13.0. The van der Waals surface area contributed by atoms with E-state index >= 15 is 0 Å². The molecule has 1 aromatic carbocycles. The summed E-state index contributed by atoms with van der Waals surface area (Å²) in [6.45, 7) is 2.63. The van der Waals surface area contributed by atoms with Gasteiger partial charge in [-0.05, 0) is 19.1 Å². The summed E-state index contributed by atoms with van der Waals surface area (Å²) in [7, 11) is 1.38. The number of ether oxygens (including phenoxy) is 1. The summed E-state index contributed by atoms with van der Waals surface area (Å²) in [4.78, 5) is 16.9. The molecular formula is C13H14N2O2S. The third kappa shape index (κ3) is 2.68. The molecule has 18 heavy (non-hydrogen) atoms. The molecule has 0 unspecified atom stereocenters. The third-order valence-corrected chi connectivity index (χ3v) is 3.55. The number of rotatable bonds is 4. The van der Waals surface area contributed by atoms with Crippen LogP contribution in [0.25, 0.3) is 0 Å². The summed E-state index contributed by atoms with van der Waals surface area (Å²) in [6.07, 6.45) is 0. The average molecular weight is 262 g/mol. The standard InChI is InChI=1S/C13H14N2O2S/c1-9-12(18-8-15-9)7-14-11-6-4-3-5-10(11)13(16)17-2/h3-6,8,14H,7H2,1-2H3. The van der Waals surface area contributed by atoms with Gasteiger partial charge in [-0.1, -0.05) is 12.1 Å². The van der Waals surface area contributed by atoms with Gasteiger partial charge in [-0.25, -0.2) is 9.78 Å². The number of methoxy groups -OCH3 is 1. The Balaban J connectivity index is 2.14. The molecule has 0 aliphatic heterocycles. The first-order chi connectivity index (χ1) is 8.72. The Morgan fingerprint density at radius 3 is 2.89 bits per heavy atom. The van der Waals surface area contributed by atoms with Gasteiger partial charge in [0.05, 0.1) is 30.4 Å². The molecule has 1 aromatic heterocycles. The largest absolute Gasteiger partial charge is 0.465 e. The minimum atomic E-state index is -0.334. The predicted molar refractivity (Wildman–Crippen MR) is 72.0 cm³/mol. The van der Waals surface area contributed by atoms with Gasteiger partial charge in [-0.3, -0.25) is 0 Å². The first kappa shape index (κ1) is 12.6. The quantitative estimate of drug-likeness (QED) is 0.861. The highest BCUT2D eigenvalue weighted by atomic mass is 32.1. The molecule has 0 saturated carbocycles. The summed E-state index contributed by atoms with van der Waals surface area (Å²) in [5.74, 6) is -0.334. The summed E-state index contributed by atoms with van der Waals surface area (Å²) in [5.41, 5.74) is 4.15. The highest BCUT2D eigenvalue weighted by Crippen LogP contribution is 2.19. The molecule has 0 saturated heterocycles. The zero-order valence-corrected chi connectivity index (χ0v) is 11.1. The van der Waals surface area contributed by atoms with E-state index in [-0.39, 0.29) is 5.97 Å². The van der Waals surface area contributed by atoms with Gasteiger partial charge in [0.2, 0.25) is 0 Å². The maximum atomic E-state index is 11.6. The van der Waals surface area contributed by atoms with Crippen LogP contribution in [0.2, 0.25) is 0 Å². The average Bonchev–Trinajstić information content (AvgIpc) is 2.81. The van der Waals surface area contributed by atoms with Crippen LogP contribution in [0, 0.1) is 6.92 Å². The molecule has 0 atom stereocenters. The lowest BCUT2D eigenvalue weighted by Crippen LogP contribution is -2.08. The van der Waals surface area contributed by atoms with Crippen molar-refractivity contribution >= 4 is 23.0 Å². The van der Waals surface area contributed by atoms with Crippen molar-refractivity contribution in [3.8, 4) is 0 Å². The maximum Gasteiger partial charge on any atom is 0.339 e. The normalized spacial score (nSPS) is 10.1. The van der Waals surface area contributed by atoms with Crippen LogP contribution in [0.15, 0.2) is 29.8 Å². The van der Waals surface area contributed by atoms with Gasteiger partial charge in [0.15, 0.2) is 0 Å². The smallest absolute Gasteiger partial charge is 0.339 e. The third-order valence-electron chi connectivity index (χ3n) is 2.62. The molecule has 1 N–H and O–H groups in total. The fourth-order valence-electron chi connectivity index (χ4n) is 1.60. The molecule has 4 nitrogen and oxygen atoms in total. The maximum absolute atomic E-state index is 11.6. The highest BCUT2D eigenvalue weighted by molar-refractivity contribution is 7.09. The number of benzene rings is 1. The van der Waals surface area contributed by atoms with Gasteiger partial charge in [0.25, 0.3) is 0 Å². The Morgan fingerprint density at radius 1 is 1.44 bits per heavy atom. The number of esters is 1. The number of hydrogen-bond acceptors (Lipinski definition) is 5. The van der Waals surface area contributed by atoms with E-state index in [4.69, 9.17) is 4.74 Å². The van der Waals surface area contributed by atoms with Gasteiger partial charge in [-0.15, -0.1) is 11.3 Å². The van der Waals surface area contributed by atoms with Gasteiger partial charge >= 0.3 is 5.97 Å². The SMILES string of the molecule is COC(=O)c1ccccc1NCc1scnc1C. The van der Waals surface area contributed by atoms with Gasteiger partial charge in [0.1, 0.15) is 0 Å². The van der Waals surface area contributed by atoms with E-state index in [0.717, 1.165) is 16.3 Å². The topological polar surface area (TPSA) is 51.2 Å². The van der Waals surface area contributed by atoms with E-state index in [2.05, 4.69) is 10.3 Å². The number of hydrogen-bond donors (Lipinski definition) is 1. The Labute approximate surface area is 110 Å². The lowest BCUT2D eigenvalue weighted by Gasteiger charge is -2.09. The van der Waals surface area contributed by atoms with Crippen molar-refractivity contribution in [2.75, 3.05) is 12.4 Å². The van der Waals surface area contributed by atoms with Crippen LogP contribution in [0.1, 0.15) is 20.9 Å². The summed E-state index contributed by atoms with van der Waals surface area (Å²) in [6, 6.07) is 7.31. The molecule has 0 amide bonds.